The van der Waals surface area contributed by atoms with E-state index in [0.29, 0.717) is 19.4 Å². The summed E-state index contributed by atoms with van der Waals surface area (Å²) >= 11 is 0. The monoisotopic (exact) mass is 360 g/mol. The highest BCUT2D eigenvalue weighted by atomic mass is 28.4. The third-order valence-electron chi connectivity index (χ3n) is 4.63. The molecular formula is C23H24O2Si. The smallest absolute Gasteiger partial charge is 0.288 e. The fraction of sp³-hybridized carbons (Fsp3) is 0.174. The molecule has 0 aliphatic heterocycles. The lowest BCUT2D eigenvalue weighted by atomic mass is 10.2. The van der Waals surface area contributed by atoms with E-state index in [4.69, 9.17) is 4.43 Å². The lowest BCUT2D eigenvalue weighted by Gasteiger charge is -2.33. The Kier molecular flexibility index (Phi) is 6.15. The molecule has 3 aromatic carbocycles. The van der Waals surface area contributed by atoms with Gasteiger partial charge in [-0.25, -0.2) is 0 Å². The van der Waals surface area contributed by atoms with Crippen molar-refractivity contribution in [2.75, 3.05) is 6.61 Å². The second-order valence-electron chi connectivity index (χ2n) is 6.27. The van der Waals surface area contributed by atoms with Crippen LogP contribution in [0.1, 0.15) is 19.8 Å². The molecule has 0 atom stereocenters. The van der Waals surface area contributed by atoms with Crippen molar-refractivity contribution in [2.24, 2.45) is 0 Å². The molecule has 0 saturated carbocycles. The van der Waals surface area contributed by atoms with Gasteiger partial charge in [0, 0.05) is 19.4 Å². The number of hydrogen-bond acceptors (Lipinski definition) is 2. The minimum Gasteiger partial charge on any atom is -0.404 e. The average molecular weight is 361 g/mol. The van der Waals surface area contributed by atoms with Crippen LogP contribution in [-0.2, 0) is 9.22 Å². The van der Waals surface area contributed by atoms with Crippen molar-refractivity contribution in [1.29, 1.82) is 0 Å². The van der Waals surface area contributed by atoms with Crippen LogP contribution in [0.4, 0.5) is 0 Å². The van der Waals surface area contributed by atoms with E-state index in [0.717, 1.165) is 0 Å². The molecule has 0 amide bonds. The number of Topliss-reactive ketones (excluding diaryl/α,β-unsaturated/α-hetero) is 1. The van der Waals surface area contributed by atoms with E-state index in [1.165, 1.54) is 15.6 Å². The summed E-state index contributed by atoms with van der Waals surface area (Å²) in [6.45, 7) is 2.34. The lowest BCUT2D eigenvalue weighted by molar-refractivity contribution is -0.119. The molecule has 3 rings (SSSR count). The Morgan fingerprint density at radius 1 is 0.731 bits per heavy atom. The van der Waals surface area contributed by atoms with Gasteiger partial charge in [-0.3, -0.25) is 4.79 Å². The molecule has 0 bridgehead atoms. The molecule has 0 heterocycles. The number of hydrogen-bond donors (Lipinski definition) is 0. The van der Waals surface area contributed by atoms with E-state index >= 15 is 0 Å². The van der Waals surface area contributed by atoms with E-state index in [1.807, 2.05) is 25.1 Å². The van der Waals surface area contributed by atoms with E-state index in [2.05, 4.69) is 72.8 Å². The van der Waals surface area contributed by atoms with Gasteiger partial charge in [0.15, 0.2) is 0 Å². The van der Waals surface area contributed by atoms with Crippen LogP contribution >= 0.6 is 0 Å². The van der Waals surface area contributed by atoms with Gasteiger partial charge >= 0.3 is 0 Å². The van der Waals surface area contributed by atoms with Crippen molar-refractivity contribution in [2.45, 2.75) is 19.8 Å². The third kappa shape index (κ3) is 3.84. The molecule has 0 spiro atoms. The van der Waals surface area contributed by atoms with Crippen LogP contribution in [0.15, 0.2) is 91.0 Å². The maximum Gasteiger partial charge on any atom is 0.288 e. The summed E-state index contributed by atoms with van der Waals surface area (Å²) < 4.78 is 6.68. The summed E-state index contributed by atoms with van der Waals surface area (Å²) in [6, 6.07) is 31.3. The summed E-state index contributed by atoms with van der Waals surface area (Å²) in [5.74, 6) is 0.238. The largest absolute Gasteiger partial charge is 0.404 e. The van der Waals surface area contributed by atoms with Gasteiger partial charge < -0.3 is 4.43 Å². The highest BCUT2D eigenvalue weighted by molar-refractivity contribution is 7.07. The van der Waals surface area contributed by atoms with Crippen LogP contribution in [-0.4, -0.2) is 20.7 Å². The summed E-state index contributed by atoms with van der Waals surface area (Å²) in [4.78, 5) is 11.8. The second-order valence-corrected chi connectivity index (χ2v) is 9.65. The summed E-state index contributed by atoms with van der Waals surface area (Å²) in [7, 11) is -2.66. The average Bonchev–Trinajstić information content (AvgIpc) is 2.73. The first-order chi connectivity index (χ1) is 12.8. The van der Waals surface area contributed by atoms with Gasteiger partial charge in [-0.05, 0) is 15.6 Å². The Morgan fingerprint density at radius 2 is 1.12 bits per heavy atom. The van der Waals surface area contributed by atoms with Crippen molar-refractivity contribution < 1.29 is 9.22 Å². The quantitative estimate of drug-likeness (QED) is 0.456. The van der Waals surface area contributed by atoms with Crippen molar-refractivity contribution >= 4 is 29.7 Å². The molecule has 0 saturated heterocycles. The molecule has 0 radical (unpaired) electrons. The summed E-state index contributed by atoms with van der Waals surface area (Å²) in [5, 5.41) is 3.59. The number of rotatable bonds is 8. The highest BCUT2D eigenvalue weighted by Crippen LogP contribution is 2.10. The fourth-order valence-corrected chi connectivity index (χ4v) is 7.16. The third-order valence-corrected chi connectivity index (χ3v) is 8.71. The predicted octanol–water partition coefficient (Wildman–Crippen LogP) is 3.04. The van der Waals surface area contributed by atoms with Gasteiger partial charge in [-0.1, -0.05) is 97.9 Å². The zero-order chi connectivity index (χ0) is 18.2. The van der Waals surface area contributed by atoms with Gasteiger partial charge in [0.1, 0.15) is 5.78 Å². The summed E-state index contributed by atoms with van der Waals surface area (Å²) in [6.07, 6.45) is 1.01. The first kappa shape index (κ1) is 18.3. The molecule has 0 aromatic heterocycles. The maximum atomic E-state index is 11.8. The number of carbonyl (C=O) groups excluding carboxylic acids is 1. The Labute approximate surface area is 156 Å². The van der Waals surface area contributed by atoms with Crippen LogP contribution in [0.2, 0.25) is 0 Å². The van der Waals surface area contributed by atoms with Crippen LogP contribution < -0.4 is 15.6 Å². The van der Waals surface area contributed by atoms with E-state index in [1.54, 1.807) is 0 Å². The van der Waals surface area contributed by atoms with E-state index < -0.39 is 8.32 Å². The molecule has 3 heteroatoms. The molecule has 0 N–H and O–H groups in total. The van der Waals surface area contributed by atoms with Crippen molar-refractivity contribution in [3.05, 3.63) is 91.0 Å². The minimum absolute atomic E-state index is 0.238. The van der Waals surface area contributed by atoms with Gasteiger partial charge in [0.05, 0.1) is 0 Å². The van der Waals surface area contributed by atoms with Crippen LogP contribution in [0.3, 0.4) is 0 Å². The van der Waals surface area contributed by atoms with E-state index in [-0.39, 0.29) is 5.78 Å². The molecule has 0 unspecified atom stereocenters. The van der Waals surface area contributed by atoms with Gasteiger partial charge in [0.2, 0.25) is 0 Å². The standard InChI is InChI=1S/C23H24O2Si/c1-2-20(24)18-19-25-26(21-12-6-3-7-13-21,22-14-8-4-9-15-22)23-16-10-5-11-17-23/h3-17H,2,18-19H2,1H3. The SMILES string of the molecule is CCC(=O)CCO[Si](c1ccccc1)(c1ccccc1)c1ccccc1. The first-order valence-corrected chi connectivity index (χ1v) is 11.0. The molecule has 2 nitrogen and oxygen atoms in total. The van der Waals surface area contributed by atoms with Gasteiger partial charge in [-0.2, -0.15) is 0 Å². The zero-order valence-electron chi connectivity index (χ0n) is 15.1. The lowest BCUT2D eigenvalue weighted by Crippen LogP contribution is -2.69. The Morgan fingerprint density at radius 3 is 1.46 bits per heavy atom. The van der Waals surface area contributed by atoms with Crippen molar-refractivity contribution in [3.8, 4) is 0 Å². The Bertz CT molecular complexity index is 720. The molecule has 0 aliphatic rings. The van der Waals surface area contributed by atoms with Crippen molar-refractivity contribution in [1.82, 2.24) is 0 Å². The number of ketones is 1. The van der Waals surface area contributed by atoms with Crippen LogP contribution in [0.25, 0.3) is 0 Å². The van der Waals surface area contributed by atoms with Crippen molar-refractivity contribution in [3.63, 3.8) is 0 Å². The maximum absolute atomic E-state index is 11.8. The van der Waals surface area contributed by atoms with E-state index in [9.17, 15) is 4.79 Å². The summed E-state index contributed by atoms with van der Waals surface area (Å²) in [5.41, 5.74) is 0. The molecule has 26 heavy (non-hydrogen) atoms. The topological polar surface area (TPSA) is 26.3 Å². The number of benzene rings is 3. The molecular weight excluding hydrogens is 336 g/mol. The Hall–Kier alpha value is -2.49. The first-order valence-electron chi connectivity index (χ1n) is 9.09. The molecule has 0 fully saturated rings. The van der Waals surface area contributed by atoms with Crippen LogP contribution in [0, 0.1) is 0 Å². The molecule has 0 aliphatic carbocycles. The number of carbonyl (C=O) groups is 1. The predicted molar refractivity (Wildman–Crippen MR) is 110 cm³/mol. The normalized spacial score (nSPS) is 11.3. The molecule has 132 valence electrons. The van der Waals surface area contributed by atoms with Gasteiger partial charge in [0.25, 0.3) is 8.32 Å². The van der Waals surface area contributed by atoms with Gasteiger partial charge in [-0.15, -0.1) is 0 Å². The Balaban J connectivity index is 2.13. The zero-order valence-corrected chi connectivity index (χ0v) is 16.1. The molecule has 3 aromatic rings. The minimum atomic E-state index is -2.66. The van der Waals surface area contributed by atoms with Crippen LogP contribution in [0.5, 0.6) is 0 Å². The highest BCUT2D eigenvalue weighted by Gasteiger charge is 2.41. The fourth-order valence-electron chi connectivity index (χ4n) is 3.26. The second kappa shape index (κ2) is 8.74.